The maximum absolute atomic E-state index is 11.8. The van der Waals surface area contributed by atoms with Gasteiger partial charge in [-0.1, -0.05) is 32.1 Å². The van der Waals surface area contributed by atoms with Crippen LogP contribution in [-0.2, 0) is 17.6 Å². The highest BCUT2D eigenvalue weighted by Crippen LogP contribution is 2.34. The largest absolute Gasteiger partial charge is 0.479 e. The first-order valence-corrected chi connectivity index (χ1v) is 11.4. The third kappa shape index (κ3) is 6.47. The lowest BCUT2D eigenvalue weighted by atomic mass is 9.90. The fourth-order valence-electron chi connectivity index (χ4n) is 3.43. The van der Waals surface area contributed by atoms with Crippen LogP contribution in [0.15, 0.2) is 18.3 Å². The summed E-state index contributed by atoms with van der Waals surface area (Å²) in [6.07, 6.45) is 11.6. The standard InChI is InChI=1S/C21H32N2O3S/c22-19(14-27-11-9-16-6-7-16)21(26,20(24)25)13-18-12-17(8-10-23-18)3-1-2-15-4-5-15/h8,10,12,15-16,19,26H,1-7,9,11,13-14,22H2,(H,24,25)/t19-,21+/m0/s1. The van der Waals surface area contributed by atoms with E-state index in [1.165, 1.54) is 32.1 Å². The van der Waals surface area contributed by atoms with Crippen LogP contribution >= 0.6 is 11.8 Å². The zero-order valence-electron chi connectivity index (χ0n) is 16.0. The molecule has 2 aliphatic rings. The van der Waals surface area contributed by atoms with E-state index in [1.54, 1.807) is 18.0 Å². The molecular formula is C21H32N2O3S. The summed E-state index contributed by atoms with van der Waals surface area (Å²) in [4.78, 5) is 16.1. The summed E-state index contributed by atoms with van der Waals surface area (Å²) in [6.45, 7) is 0. The van der Waals surface area contributed by atoms with Crippen LogP contribution in [0.2, 0.25) is 0 Å². The number of thioether (sulfide) groups is 1. The maximum atomic E-state index is 11.8. The predicted molar refractivity (Wildman–Crippen MR) is 109 cm³/mol. The Morgan fingerprint density at radius 1 is 1.30 bits per heavy atom. The molecule has 4 N–H and O–H groups in total. The van der Waals surface area contributed by atoms with E-state index < -0.39 is 17.6 Å². The van der Waals surface area contributed by atoms with Gasteiger partial charge in [0.25, 0.3) is 0 Å². The topological polar surface area (TPSA) is 96.4 Å². The van der Waals surface area contributed by atoms with Crippen molar-refractivity contribution in [2.75, 3.05) is 11.5 Å². The number of pyridine rings is 1. The number of aliphatic hydroxyl groups is 1. The van der Waals surface area contributed by atoms with Gasteiger partial charge in [0.2, 0.25) is 0 Å². The van der Waals surface area contributed by atoms with E-state index in [-0.39, 0.29) is 6.42 Å². The van der Waals surface area contributed by atoms with Crippen molar-refractivity contribution >= 4 is 17.7 Å². The Kier molecular flexibility index (Phi) is 7.17. The van der Waals surface area contributed by atoms with Crippen LogP contribution in [0.1, 0.15) is 56.2 Å². The number of hydrogen-bond donors (Lipinski definition) is 3. The van der Waals surface area contributed by atoms with E-state index >= 15 is 0 Å². The molecule has 1 aromatic rings. The molecule has 2 atom stereocenters. The third-order valence-corrected chi connectivity index (χ3v) is 6.87. The van der Waals surface area contributed by atoms with Gasteiger partial charge in [0.15, 0.2) is 5.60 Å². The Balaban J connectivity index is 1.53. The second-order valence-electron chi connectivity index (χ2n) is 8.31. The number of aliphatic carboxylic acids is 1. The molecule has 6 heteroatoms. The van der Waals surface area contributed by atoms with E-state index in [4.69, 9.17) is 5.73 Å². The van der Waals surface area contributed by atoms with Crippen molar-refractivity contribution in [1.29, 1.82) is 0 Å². The van der Waals surface area contributed by atoms with Gasteiger partial charge in [-0.25, -0.2) is 4.79 Å². The van der Waals surface area contributed by atoms with E-state index in [1.807, 2.05) is 12.1 Å². The van der Waals surface area contributed by atoms with E-state index in [0.717, 1.165) is 42.4 Å². The Labute approximate surface area is 166 Å². The summed E-state index contributed by atoms with van der Waals surface area (Å²) in [5.74, 6) is 1.91. The molecule has 1 heterocycles. The average Bonchev–Trinajstić information content (AvgIpc) is 3.53. The molecule has 2 saturated carbocycles. The number of nitrogens with two attached hydrogens (primary N) is 1. The van der Waals surface area contributed by atoms with E-state index in [0.29, 0.717) is 11.4 Å². The molecule has 150 valence electrons. The van der Waals surface area contributed by atoms with Crippen LogP contribution in [0.3, 0.4) is 0 Å². The van der Waals surface area contributed by atoms with Gasteiger partial charge in [0, 0.05) is 24.1 Å². The summed E-state index contributed by atoms with van der Waals surface area (Å²) in [6, 6.07) is 3.08. The number of aryl methyl sites for hydroxylation is 1. The summed E-state index contributed by atoms with van der Waals surface area (Å²) in [5, 5.41) is 20.4. The molecular weight excluding hydrogens is 360 g/mol. The predicted octanol–water partition coefficient (Wildman–Crippen LogP) is 3.03. The first-order valence-electron chi connectivity index (χ1n) is 10.2. The molecule has 0 bridgehead atoms. The minimum Gasteiger partial charge on any atom is -0.479 e. The summed E-state index contributed by atoms with van der Waals surface area (Å²) >= 11 is 1.64. The van der Waals surface area contributed by atoms with Gasteiger partial charge in [0.05, 0.1) is 6.04 Å². The third-order valence-electron chi connectivity index (χ3n) is 5.75. The van der Waals surface area contributed by atoms with Crippen LogP contribution in [-0.4, -0.2) is 44.3 Å². The molecule has 2 fully saturated rings. The van der Waals surface area contributed by atoms with Crippen LogP contribution in [0.5, 0.6) is 0 Å². The summed E-state index contributed by atoms with van der Waals surface area (Å²) in [7, 11) is 0. The van der Waals surface area contributed by atoms with Gasteiger partial charge in [-0.15, -0.1) is 0 Å². The highest BCUT2D eigenvalue weighted by atomic mass is 32.2. The van der Waals surface area contributed by atoms with Crippen LogP contribution in [0, 0.1) is 11.8 Å². The van der Waals surface area contributed by atoms with Crippen molar-refractivity contribution in [3.8, 4) is 0 Å². The van der Waals surface area contributed by atoms with Gasteiger partial charge in [-0.3, -0.25) is 4.98 Å². The second kappa shape index (κ2) is 9.39. The zero-order valence-corrected chi connectivity index (χ0v) is 16.8. The number of carboxylic acids is 1. The zero-order chi connectivity index (χ0) is 19.3. The molecule has 0 radical (unpaired) electrons. The normalized spacial score (nSPS) is 20.2. The lowest BCUT2D eigenvalue weighted by molar-refractivity contribution is -0.160. The molecule has 0 amide bonds. The van der Waals surface area contributed by atoms with Gasteiger partial charge >= 0.3 is 5.97 Å². The molecule has 27 heavy (non-hydrogen) atoms. The molecule has 1 aromatic heterocycles. The number of nitrogens with zero attached hydrogens (tertiary/aromatic N) is 1. The highest BCUT2D eigenvalue weighted by molar-refractivity contribution is 7.99. The second-order valence-corrected chi connectivity index (χ2v) is 9.46. The Morgan fingerprint density at radius 2 is 2.00 bits per heavy atom. The van der Waals surface area contributed by atoms with Gasteiger partial charge < -0.3 is 15.9 Å². The van der Waals surface area contributed by atoms with E-state index in [2.05, 4.69) is 4.98 Å². The van der Waals surface area contributed by atoms with Gasteiger partial charge in [-0.2, -0.15) is 11.8 Å². The lowest BCUT2D eigenvalue weighted by Crippen LogP contribution is -2.57. The Hall–Kier alpha value is -1.11. The summed E-state index contributed by atoms with van der Waals surface area (Å²) < 4.78 is 0. The minimum atomic E-state index is -1.98. The van der Waals surface area contributed by atoms with Crippen molar-refractivity contribution in [2.45, 2.75) is 69.4 Å². The van der Waals surface area contributed by atoms with Gasteiger partial charge in [0.1, 0.15) is 0 Å². The molecule has 0 unspecified atom stereocenters. The SMILES string of the molecule is N[C@@H](CSCCC1CC1)[C@](O)(Cc1cc(CCCC2CC2)ccn1)C(=O)O. The Bertz CT molecular complexity index is 634. The fraction of sp³-hybridized carbons (Fsp3) is 0.714. The number of carbonyl (C=O) groups is 1. The maximum Gasteiger partial charge on any atom is 0.337 e. The lowest BCUT2D eigenvalue weighted by Gasteiger charge is -2.29. The molecule has 5 nitrogen and oxygen atoms in total. The van der Waals surface area contributed by atoms with Crippen molar-refractivity contribution < 1.29 is 15.0 Å². The highest BCUT2D eigenvalue weighted by Gasteiger charge is 2.43. The van der Waals surface area contributed by atoms with Crippen molar-refractivity contribution in [3.05, 3.63) is 29.6 Å². The van der Waals surface area contributed by atoms with Gasteiger partial charge in [-0.05, 0) is 54.5 Å². The number of carboxylic acid groups (broad SMARTS) is 1. The number of aromatic nitrogens is 1. The average molecular weight is 393 g/mol. The van der Waals surface area contributed by atoms with Crippen molar-refractivity contribution in [1.82, 2.24) is 4.98 Å². The number of rotatable bonds is 13. The van der Waals surface area contributed by atoms with Crippen LogP contribution in [0.25, 0.3) is 0 Å². The van der Waals surface area contributed by atoms with Crippen molar-refractivity contribution in [3.63, 3.8) is 0 Å². The molecule has 3 rings (SSSR count). The number of hydrogen-bond acceptors (Lipinski definition) is 5. The molecule has 0 spiro atoms. The smallest absolute Gasteiger partial charge is 0.337 e. The van der Waals surface area contributed by atoms with E-state index in [9.17, 15) is 15.0 Å². The Morgan fingerprint density at radius 3 is 2.67 bits per heavy atom. The summed E-state index contributed by atoms with van der Waals surface area (Å²) in [5.41, 5.74) is 5.89. The van der Waals surface area contributed by atoms with Crippen LogP contribution in [0.4, 0.5) is 0 Å². The van der Waals surface area contributed by atoms with Crippen molar-refractivity contribution in [2.24, 2.45) is 17.6 Å². The minimum absolute atomic E-state index is 0.0524. The van der Waals surface area contributed by atoms with Crippen LogP contribution < -0.4 is 5.73 Å². The molecule has 0 aliphatic heterocycles. The quantitative estimate of drug-likeness (QED) is 0.447. The first kappa shape index (κ1) is 20.6. The molecule has 2 aliphatic carbocycles. The molecule has 0 aromatic carbocycles. The fourth-order valence-corrected chi connectivity index (χ4v) is 4.62. The first-order chi connectivity index (χ1) is 13.0. The monoisotopic (exact) mass is 392 g/mol. The molecule has 0 saturated heterocycles.